The largest absolute Gasteiger partial charge is 0.760 e. The molecule has 4 aromatic heterocycles. The predicted octanol–water partition coefficient (Wildman–Crippen LogP) is 3.16. The number of rotatable bonds is 10. The minimum atomic E-state index is -2.61. The van der Waals surface area contributed by atoms with Crippen molar-refractivity contribution in [2.24, 2.45) is 0 Å². The first kappa shape index (κ1) is 26.2. The Hall–Kier alpha value is -4.46. The monoisotopic (exact) mass is 546 g/mol. The predicted molar refractivity (Wildman–Crippen MR) is 142 cm³/mol. The van der Waals surface area contributed by atoms with Crippen LogP contribution in [0.15, 0.2) is 67.0 Å². The Kier molecular flexibility index (Phi) is 7.72. The molecule has 5 rings (SSSR count). The lowest BCUT2D eigenvalue weighted by Gasteiger charge is -2.19. The SMILES string of the molecule is CCOc1cccc(-c2nc3ncc(C(NS(=O)[O-])c4ccccn4)nc3n2-c2c(OC)cccc2OC)n1. The van der Waals surface area contributed by atoms with Crippen LogP contribution in [0.4, 0.5) is 0 Å². The number of benzene rings is 1. The van der Waals surface area contributed by atoms with Gasteiger partial charge in [-0.05, 0) is 37.3 Å². The van der Waals surface area contributed by atoms with Gasteiger partial charge in [0.2, 0.25) is 5.88 Å². The summed E-state index contributed by atoms with van der Waals surface area (Å²) < 4.78 is 44.6. The highest BCUT2D eigenvalue weighted by atomic mass is 32.2. The van der Waals surface area contributed by atoms with Gasteiger partial charge in [-0.15, -0.1) is 0 Å². The summed E-state index contributed by atoms with van der Waals surface area (Å²) in [5.74, 6) is 1.81. The molecule has 13 heteroatoms. The lowest BCUT2D eigenvalue weighted by molar-refractivity contribution is 0.327. The highest BCUT2D eigenvalue weighted by Gasteiger charge is 2.26. The number of ether oxygens (including phenoxy) is 3. The summed E-state index contributed by atoms with van der Waals surface area (Å²) >= 11 is -2.61. The van der Waals surface area contributed by atoms with E-state index in [4.69, 9.17) is 24.2 Å². The average Bonchev–Trinajstić information content (AvgIpc) is 3.34. The summed E-state index contributed by atoms with van der Waals surface area (Å²) in [6, 6.07) is 15.0. The van der Waals surface area contributed by atoms with Crippen molar-refractivity contribution in [1.82, 2.24) is 34.2 Å². The van der Waals surface area contributed by atoms with Crippen molar-refractivity contribution in [1.29, 1.82) is 0 Å². The van der Waals surface area contributed by atoms with Crippen LogP contribution in [-0.2, 0) is 11.3 Å². The van der Waals surface area contributed by atoms with Crippen LogP contribution < -0.4 is 18.9 Å². The second-order valence-electron chi connectivity index (χ2n) is 8.06. The van der Waals surface area contributed by atoms with Crippen LogP contribution in [0, 0.1) is 0 Å². The summed E-state index contributed by atoms with van der Waals surface area (Å²) in [7, 11) is 3.10. The fraction of sp³-hybridized carbons (Fsp3) is 0.192. The standard InChI is InChI=1S/C26H25N7O5S/c1-4-38-21-13-7-10-17(29-21)25-31-24-26(33(25)23-19(36-2)11-8-12-20(23)37-3)30-18(15-28-24)22(32-39(34)35)16-9-5-6-14-27-16/h5-15,22,32H,4H2,1-3H3,(H,34,35)/p-1. The quantitative estimate of drug-likeness (QED) is 0.259. The van der Waals surface area contributed by atoms with Crippen molar-refractivity contribution in [2.45, 2.75) is 13.0 Å². The molecule has 0 saturated heterocycles. The van der Waals surface area contributed by atoms with E-state index in [2.05, 4.69) is 19.7 Å². The van der Waals surface area contributed by atoms with Crippen LogP contribution in [-0.4, -0.2) is 59.1 Å². The Morgan fingerprint density at radius 2 is 1.72 bits per heavy atom. The van der Waals surface area contributed by atoms with E-state index >= 15 is 0 Å². The molecule has 0 saturated carbocycles. The number of nitrogens with zero attached hydrogens (tertiary/aromatic N) is 6. The van der Waals surface area contributed by atoms with E-state index in [1.807, 2.05) is 13.0 Å². The summed E-state index contributed by atoms with van der Waals surface area (Å²) in [5.41, 5.74) is 2.40. The summed E-state index contributed by atoms with van der Waals surface area (Å²) in [4.78, 5) is 23.0. The summed E-state index contributed by atoms with van der Waals surface area (Å²) in [6.07, 6.45) is 3.04. The number of methoxy groups -OCH3 is 2. The fourth-order valence-corrected chi connectivity index (χ4v) is 4.56. The van der Waals surface area contributed by atoms with Crippen molar-refractivity contribution >= 4 is 22.6 Å². The van der Waals surface area contributed by atoms with E-state index in [-0.39, 0.29) is 0 Å². The maximum absolute atomic E-state index is 11.7. The molecule has 0 aliphatic carbocycles. The minimum absolute atomic E-state index is 0.299. The molecule has 2 atom stereocenters. The molecule has 0 amide bonds. The molecule has 1 aromatic carbocycles. The molecule has 0 aliphatic heterocycles. The number of para-hydroxylation sites is 1. The molecular formula is C26H24N7O5S-. The van der Waals surface area contributed by atoms with Crippen LogP contribution in [0.3, 0.4) is 0 Å². The minimum Gasteiger partial charge on any atom is -0.760 e. The van der Waals surface area contributed by atoms with Crippen molar-refractivity contribution in [3.8, 4) is 34.6 Å². The van der Waals surface area contributed by atoms with Crippen molar-refractivity contribution in [3.63, 3.8) is 0 Å². The zero-order valence-electron chi connectivity index (χ0n) is 21.3. The molecule has 39 heavy (non-hydrogen) atoms. The van der Waals surface area contributed by atoms with Gasteiger partial charge < -0.3 is 18.8 Å². The van der Waals surface area contributed by atoms with Gasteiger partial charge in [0.05, 0.1) is 38.4 Å². The first-order valence-corrected chi connectivity index (χ1v) is 12.9. The Morgan fingerprint density at radius 3 is 2.38 bits per heavy atom. The zero-order valence-corrected chi connectivity index (χ0v) is 22.1. The second kappa shape index (κ2) is 11.5. The van der Waals surface area contributed by atoms with Gasteiger partial charge in [0.1, 0.15) is 28.9 Å². The molecule has 4 heterocycles. The smallest absolute Gasteiger partial charge is 0.213 e. The van der Waals surface area contributed by atoms with Crippen LogP contribution in [0.1, 0.15) is 24.4 Å². The van der Waals surface area contributed by atoms with Gasteiger partial charge in [-0.1, -0.05) is 18.2 Å². The third kappa shape index (κ3) is 5.27. The Morgan fingerprint density at radius 1 is 0.949 bits per heavy atom. The Balaban J connectivity index is 1.81. The van der Waals surface area contributed by atoms with Gasteiger partial charge >= 0.3 is 0 Å². The van der Waals surface area contributed by atoms with Gasteiger partial charge in [0, 0.05) is 23.5 Å². The van der Waals surface area contributed by atoms with E-state index in [0.717, 1.165) is 0 Å². The summed E-state index contributed by atoms with van der Waals surface area (Å²) in [5, 5.41) is 0. The number of nitrogens with one attached hydrogen (secondary N) is 1. The number of hydrogen-bond donors (Lipinski definition) is 1. The molecule has 0 fully saturated rings. The Labute approximate surface area is 226 Å². The summed E-state index contributed by atoms with van der Waals surface area (Å²) in [6.45, 7) is 2.32. The molecule has 0 bridgehead atoms. The van der Waals surface area contributed by atoms with E-state index in [1.54, 1.807) is 73.5 Å². The number of aromatic nitrogens is 6. The van der Waals surface area contributed by atoms with E-state index in [0.29, 0.717) is 63.9 Å². The fourth-order valence-electron chi connectivity index (χ4n) is 4.12. The molecule has 1 N–H and O–H groups in total. The van der Waals surface area contributed by atoms with Crippen molar-refractivity contribution in [2.75, 3.05) is 20.8 Å². The first-order valence-electron chi connectivity index (χ1n) is 11.9. The zero-order chi connectivity index (χ0) is 27.4. The van der Waals surface area contributed by atoms with Gasteiger partial charge in [-0.3, -0.25) is 13.8 Å². The topological polar surface area (TPSA) is 149 Å². The lowest BCUT2D eigenvalue weighted by Crippen LogP contribution is -2.26. The molecule has 0 spiro atoms. The number of fused-ring (bicyclic) bond motifs is 1. The number of imidazole rings is 1. The number of pyridine rings is 2. The van der Waals surface area contributed by atoms with Gasteiger partial charge in [-0.25, -0.2) is 24.7 Å². The first-order chi connectivity index (χ1) is 19.0. The van der Waals surface area contributed by atoms with Crippen molar-refractivity contribution < 1.29 is 23.0 Å². The molecule has 12 nitrogen and oxygen atoms in total. The normalized spacial score (nSPS) is 12.7. The molecule has 0 radical (unpaired) electrons. The van der Waals surface area contributed by atoms with E-state index in [9.17, 15) is 8.76 Å². The maximum atomic E-state index is 11.7. The van der Waals surface area contributed by atoms with Crippen LogP contribution >= 0.6 is 0 Å². The lowest BCUT2D eigenvalue weighted by atomic mass is 10.1. The van der Waals surface area contributed by atoms with Gasteiger partial charge in [-0.2, -0.15) is 0 Å². The highest BCUT2D eigenvalue weighted by molar-refractivity contribution is 7.77. The third-order valence-corrected chi connectivity index (χ3v) is 6.18. The third-order valence-electron chi connectivity index (χ3n) is 5.75. The maximum Gasteiger partial charge on any atom is 0.213 e. The van der Waals surface area contributed by atoms with Crippen LogP contribution in [0.2, 0.25) is 0 Å². The van der Waals surface area contributed by atoms with E-state index < -0.39 is 17.3 Å². The molecule has 0 aliphatic rings. The van der Waals surface area contributed by atoms with Crippen molar-refractivity contribution in [3.05, 3.63) is 78.4 Å². The van der Waals surface area contributed by atoms with Gasteiger partial charge in [0.15, 0.2) is 17.1 Å². The molecular weight excluding hydrogens is 522 g/mol. The highest BCUT2D eigenvalue weighted by Crippen LogP contribution is 2.38. The van der Waals surface area contributed by atoms with Gasteiger partial charge in [0.25, 0.3) is 0 Å². The Bertz CT molecular complexity index is 1610. The molecule has 2 unspecified atom stereocenters. The number of hydrogen-bond acceptors (Lipinski definition) is 10. The second-order valence-corrected chi connectivity index (χ2v) is 8.76. The average molecular weight is 547 g/mol. The van der Waals surface area contributed by atoms with Crippen LogP contribution in [0.25, 0.3) is 28.5 Å². The molecule has 200 valence electrons. The van der Waals surface area contributed by atoms with Crippen LogP contribution in [0.5, 0.6) is 17.4 Å². The molecule has 5 aromatic rings. The van der Waals surface area contributed by atoms with E-state index in [1.165, 1.54) is 6.20 Å².